The fourth-order valence-corrected chi connectivity index (χ4v) is 5.99. The van der Waals surface area contributed by atoms with Gasteiger partial charge in [-0.2, -0.15) is 24.9 Å². The van der Waals surface area contributed by atoms with E-state index in [0.29, 0.717) is 32.1 Å². The molecule has 0 radical (unpaired) electrons. The van der Waals surface area contributed by atoms with Crippen molar-refractivity contribution < 1.29 is 22.8 Å². The van der Waals surface area contributed by atoms with Gasteiger partial charge in [-0.1, -0.05) is 12.8 Å². The lowest BCUT2D eigenvalue weighted by Gasteiger charge is -2.43. The van der Waals surface area contributed by atoms with Crippen LogP contribution in [0.4, 0.5) is 13.2 Å². The van der Waals surface area contributed by atoms with Gasteiger partial charge in [0.05, 0.1) is 11.6 Å². The number of halogens is 3. The Morgan fingerprint density at radius 3 is 2.03 bits per heavy atom. The van der Waals surface area contributed by atoms with Crippen LogP contribution in [0.1, 0.15) is 41.6 Å². The number of carbonyl (C=O) groups is 2. The number of thioether (sulfide) groups is 1. The normalized spacial score (nSPS) is 22.2. The van der Waals surface area contributed by atoms with E-state index in [9.17, 15) is 22.8 Å². The van der Waals surface area contributed by atoms with Crippen LogP contribution in [0.3, 0.4) is 0 Å². The fourth-order valence-electron chi connectivity index (χ4n) is 5.09. The van der Waals surface area contributed by atoms with Crippen molar-refractivity contribution in [1.29, 1.82) is 0 Å². The van der Waals surface area contributed by atoms with Crippen LogP contribution in [0.5, 0.6) is 0 Å². The molecule has 3 fully saturated rings. The van der Waals surface area contributed by atoms with Gasteiger partial charge < -0.3 is 9.80 Å². The zero-order chi connectivity index (χ0) is 22.7. The molecule has 0 spiro atoms. The molecule has 4 rings (SSSR count). The van der Waals surface area contributed by atoms with Gasteiger partial charge in [-0.05, 0) is 43.0 Å². The SMILES string of the molecule is O=C(c1ccc(C(F)(F)F)cc1)N1CCN(C(C(=O)N2CCSCC2)C2CCCC2)CC1. The van der Waals surface area contributed by atoms with E-state index in [4.69, 9.17) is 0 Å². The van der Waals surface area contributed by atoms with Gasteiger partial charge >= 0.3 is 6.18 Å². The molecule has 2 heterocycles. The average molecular weight is 470 g/mol. The quantitative estimate of drug-likeness (QED) is 0.676. The number of alkyl halides is 3. The maximum atomic E-state index is 13.4. The maximum absolute atomic E-state index is 13.4. The van der Waals surface area contributed by atoms with Crippen molar-refractivity contribution in [2.24, 2.45) is 5.92 Å². The minimum Gasteiger partial charge on any atom is -0.340 e. The summed E-state index contributed by atoms with van der Waals surface area (Å²) >= 11 is 1.89. The number of rotatable bonds is 4. The number of hydrogen-bond acceptors (Lipinski definition) is 4. The smallest absolute Gasteiger partial charge is 0.340 e. The Morgan fingerprint density at radius 1 is 0.875 bits per heavy atom. The Hall–Kier alpha value is -1.74. The van der Waals surface area contributed by atoms with E-state index < -0.39 is 11.7 Å². The van der Waals surface area contributed by atoms with E-state index in [2.05, 4.69) is 4.90 Å². The summed E-state index contributed by atoms with van der Waals surface area (Å²) in [4.78, 5) is 32.2. The number of hydrogen-bond donors (Lipinski definition) is 0. The van der Waals surface area contributed by atoms with Gasteiger partial charge in [0, 0.05) is 56.3 Å². The highest BCUT2D eigenvalue weighted by atomic mass is 32.2. The van der Waals surface area contributed by atoms with E-state index >= 15 is 0 Å². The standard InChI is InChI=1S/C23H30F3N3O2S/c24-23(25,26)19-7-5-18(6-8-19)21(30)28-11-9-27(10-12-28)20(17-3-1-2-4-17)22(31)29-13-15-32-16-14-29/h5-8,17,20H,1-4,9-16H2. The van der Waals surface area contributed by atoms with Gasteiger partial charge in [-0.15, -0.1) is 0 Å². The Balaban J connectivity index is 1.40. The van der Waals surface area contributed by atoms with Crippen LogP contribution >= 0.6 is 11.8 Å². The highest BCUT2D eigenvalue weighted by molar-refractivity contribution is 7.99. The van der Waals surface area contributed by atoms with Crippen LogP contribution in [-0.2, 0) is 11.0 Å². The molecule has 1 aliphatic carbocycles. The van der Waals surface area contributed by atoms with Crippen LogP contribution in [0.2, 0.25) is 0 Å². The van der Waals surface area contributed by atoms with Crippen molar-refractivity contribution >= 4 is 23.6 Å². The second-order valence-corrected chi connectivity index (χ2v) is 10.1. The Kier molecular flexibility index (Phi) is 7.34. The van der Waals surface area contributed by atoms with E-state index in [1.807, 2.05) is 16.7 Å². The number of amides is 2. The summed E-state index contributed by atoms with van der Waals surface area (Å²) in [5.41, 5.74) is -0.492. The van der Waals surface area contributed by atoms with Gasteiger partial charge in [0.15, 0.2) is 0 Å². The average Bonchev–Trinajstić information content (AvgIpc) is 3.34. The Bertz CT molecular complexity index is 798. The summed E-state index contributed by atoms with van der Waals surface area (Å²) in [7, 11) is 0. The molecule has 3 aliphatic rings. The Labute approximate surface area is 191 Å². The summed E-state index contributed by atoms with van der Waals surface area (Å²) in [6, 6.07) is 4.28. The molecule has 9 heteroatoms. The number of carbonyl (C=O) groups excluding carboxylic acids is 2. The summed E-state index contributed by atoms with van der Waals surface area (Å²) in [5.74, 6) is 2.32. The lowest BCUT2D eigenvalue weighted by molar-refractivity contribution is -0.139. The first kappa shape index (κ1) is 23.4. The molecule has 2 amide bonds. The molecule has 1 saturated carbocycles. The molecular weight excluding hydrogens is 439 g/mol. The molecule has 1 unspecified atom stereocenters. The first-order chi connectivity index (χ1) is 15.3. The zero-order valence-corrected chi connectivity index (χ0v) is 19.0. The van der Waals surface area contributed by atoms with Gasteiger partial charge in [0.2, 0.25) is 5.91 Å². The van der Waals surface area contributed by atoms with Crippen LogP contribution < -0.4 is 0 Å². The summed E-state index contributed by atoms with van der Waals surface area (Å²) < 4.78 is 38.4. The predicted octanol–water partition coefficient (Wildman–Crippen LogP) is 3.60. The molecule has 0 aromatic heterocycles. The molecule has 1 aromatic carbocycles. The van der Waals surface area contributed by atoms with Gasteiger partial charge in [-0.25, -0.2) is 0 Å². The highest BCUT2D eigenvalue weighted by Gasteiger charge is 2.39. The first-order valence-electron chi connectivity index (χ1n) is 11.4. The molecule has 1 atom stereocenters. The number of nitrogens with zero attached hydrogens (tertiary/aromatic N) is 3. The van der Waals surface area contributed by atoms with Crippen molar-refractivity contribution in [3.63, 3.8) is 0 Å². The molecule has 176 valence electrons. The molecule has 0 N–H and O–H groups in total. The first-order valence-corrected chi connectivity index (χ1v) is 12.6. The molecule has 2 aliphatic heterocycles. The minimum absolute atomic E-state index is 0.121. The van der Waals surface area contributed by atoms with E-state index in [0.717, 1.165) is 62.4 Å². The minimum atomic E-state index is -4.41. The molecule has 5 nitrogen and oxygen atoms in total. The molecule has 2 saturated heterocycles. The van der Waals surface area contributed by atoms with Gasteiger partial charge in [-0.3, -0.25) is 14.5 Å². The largest absolute Gasteiger partial charge is 0.416 e. The van der Waals surface area contributed by atoms with Crippen molar-refractivity contribution in [3.8, 4) is 0 Å². The van der Waals surface area contributed by atoms with Crippen LogP contribution in [0.15, 0.2) is 24.3 Å². The fraction of sp³-hybridized carbons (Fsp3) is 0.652. The van der Waals surface area contributed by atoms with Crippen LogP contribution in [0.25, 0.3) is 0 Å². The lowest BCUT2D eigenvalue weighted by Crippen LogP contribution is -2.59. The number of benzene rings is 1. The highest BCUT2D eigenvalue weighted by Crippen LogP contribution is 2.33. The third-order valence-corrected chi connectivity index (χ3v) is 7.82. The third kappa shape index (κ3) is 5.25. The van der Waals surface area contributed by atoms with E-state index in [1.165, 1.54) is 12.1 Å². The van der Waals surface area contributed by atoms with Crippen LogP contribution in [0, 0.1) is 5.92 Å². The van der Waals surface area contributed by atoms with Crippen molar-refractivity contribution in [3.05, 3.63) is 35.4 Å². The summed E-state index contributed by atoms with van der Waals surface area (Å²) in [6.07, 6.45) is 0.0583. The topological polar surface area (TPSA) is 43.9 Å². The van der Waals surface area contributed by atoms with Crippen molar-refractivity contribution in [2.45, 2.75) is 37.9 Å². The second-order valence-electron chi connectivity index (χ2n) is 8.83. The van der Waals surface area contributed by atoms with Crippen LogP contribution in [-0.4, -0.2) is 83.3 Å². The summed E-state index contributed by atoms with van der Waals surface area (Å²) in [6.45, 7) is 3.79. The van der Waals surface area contributed by atoms with Crippen molar-refractivity contribution in [2.75, 3.05) is 50.8 Å². The zero-order valence-electron chi connectivity index (χ0n) is 18.1. The lowest BCUT2D eigenvalue weighted by atomic mass is 9.94. The van der Waals surface area contributed by atoms with Gasteiger partial charge in [0.25, 0.3) is 5.91 Å². The molecule has 32 heavy (non-hydrogen) atoms. The monoisotopic (exact) mass is 469 g/mol. The van der Waals surface area contributed by atoms with Crippen molar-refractivity contribution in [1.82, 2.24) is 14.7 Å². The Morgan fingerprint density at radius 2 is 1.47 bits per heavy atom. The maximum Gasteiger partial charge on any atom is 0.416 e. The number of piperazine rings is 1. The van der Waals surface area contributed by atoms with Gasteiger partial charge in [0.1, 0.15) is 0 Å². The van der Waals surface area contributed by atoms with E-state index in [1.54, 1.807) is 4.90 Å². The van der Waals surface area contributed by atoms with E-state index in [-0.39, 0.29) is 23.4 Å². The summed E-state index contributed by atoms with van der Waals surface area (Å²) in [5, 5.41) is 0. The predicted molar refractivity (Wildman–Crippen MR) is 119 cm³/mol. The molecule has 1 aromatic rings. The molecular formula is C23H30F3N3O2S. The third-order valence-electron chi connectivity index (χ3n) is 6.88. The second kappa shape index (κ2) is 10.0. The molecule has 0 bridgehead atoms.